The van der Waals surface area contributed by atoms with E-state index in [9.17, 15) is 16.8 Å². The van der Waals surface area contributed by atoms with Crippen LogP contribution in [0.3, 0.4) is 0 Å². The standard InChI is InChI=1S/C8H16ClNO4S2/c1-15(11,12)5-6-16(13,14)10-8(7-9)3-2-4-8/h10H,2-7H2,1H3. The molecule has 0 saturated heterocycles. The number of sulfonamides is 1. The van der Waals surface area contributed by atoms with Crippen LogP contribution in [0.1, 0.15) is 19.3 Å². The second kappa shape index (κ2) is 4.80. The molecule has 0 unspecified atom stereocenters. The summed E-state index contributed by atoms with van der Waals surface area (Å²) in [5.41, 5.74) is -0.544. The number of alkyl halides is 1. The minimum absolute atomic E-state index is 0.227. The minimum atomic E-state index is -3.56. The lowest BCUT2D eigenvalue weighted by Crippen LogP contribution is -2.55. The fourth-order valence-electron chi connectivity index (χ4n) is 1.51. The molecule has 0 spiro atoms. The number of rotatable bonds is 6. The lowest BCUT2D eigenvalue weighted by Gasteiger charge is -2.40. The van der Waals surface area contributed by atoms with Crippen LogP contribution >= 0.6 is 11.6 Å². The minimum Gasteiger partial charge on any atom is -0.229 e. The molecule has 1 saturated carbocycles. The molecule has 0 radical (unpaired) electrons. The number of hydrogen-bond donors (Lipinski definition) is 1. The van der Waals surface area contributed by atoms with Gasteiger partial charge in [-0.15, -0.1) is 11.6 Å². The molecule has 0 aromatic heterocycles. The van der Waals surface area contributed by atoms with Gasteiger partial charge in [0, 0.05) is 17.7 Å². The third-order valence-electron chi connectivity index (χ3n) is 2.66. The van der Waals surface area contributed by atoms with Gasteiger partial charge in [0.15, 0.2) is 0 Å². The maximum absolute atomic E-state index is 11.6. The topological polar surface area (TPSA) is 80.3 Å². The van der Waals surface area contributed by atoms with Crippen molar-refractivity contribution in [3.05, 3.63) is 0 Å². The first-order valence-electron chi connectivity index (χ1n) is 4.93. The molecule has 0 bridgehead atoms. The molecule has 1 fully saturated rings. The highest BCUT2D eigenvalue weighted by Crippen LogP contribution is 2.33. The average Bonchev–Trinajstić information content (AvgIpc) is 2.08. The summed E-state index contributed by atoms with van der Waals surface area (Å²) in [4.78, 5) is 0. The van der Waals surface area contributed by atoms with E-state index >= 15 is 0 Å². The molecule has 1 rings (SSSR count). The molecule has 16 heavy (non-hydrogen) atoms. The number of halogens is 1. The van der Waals surface area contributed by atoms with E-state index in [0.29, 0.717) is 12.8 Å². The molecule has 5 nitrogen and oxygen atoms in total. The van der Waals surface area contributed by atoms with Crippen molar-refractivity contribution in [3.63, 3.8) is 0 Å². The summed E-state index contributed by atoms with van der Waals surface area (Å²) in [6.45, 7) is 0. The van der Waals surface area contributed by atoms with Gasteiger partial charge in [-0.1, -0.05) is 0 Å². The lowest BCUT2D eigenvalue weighted by atomic mass is 9.79. The monoisotopic (exact) mass is 289 g/mol. The Labute approximate surface area is 102 Å². The SMILES string of the molecule is CS(=O)(=O)CCS(=O)(=O)NC1(CCl)CCC1. The van der Waals surface area contributed by atoms with Crippen molar-refractivity contribution in [1.29, 1.82) is 0 Å². The van der Waals surface area contributed by atoms with E-state index in [-0.39, 0.29) is 11.6 Å². The van der Waals surface area contributed by atoms with Crippen LogP contribution < -0.4 is 4.72 Å². The van der Waals surface area contributed by atoms with Crippen LogP contribution in [0.4, 0.5) is 0 Å². The van der Waals surface area contributed by atoms with Gasteiger partial charge in [0.05, 0.1) is 11.5 Å². The fourth-order valence-corrected chi connectivity index (χ4v) is 5.05. The predicted octanol–water partition coefficient (Wildman–Crippen LogP) is 0.112. The van der Waals surface area contributed by atoms with Gasteiger partial charge in [-0.05, 0) is 19.3 Å². The Kier molecular flexibility index (Phi) is 4.26. The van der Waals surface area contributed by atoms with Crippen LogP contribution in [0, 0.1) is 0 Å². The van der Waals surface area contributed by atoms with Gasteiger partial charge in [0.2, 0.25) is 10.0 Å². The van der Waals surface area contributed by atoms with Crippen molar-refractivity contribution < 1.29 is 16.8 Å². The Hall–Kier alpha value is 0.150. The zero-order valence-electron chi connectivity index (χ0n) is 9.07. The molecule has 1 aliphatic rings. The number of hydrogen-bond acceptors (Lipinski definition) is 4. The van der Waals surface area contributed by atoms with Gasteiger partial charge in [-0.25, -0.2) is 21.6 Å². The summed E-state index contributed by atoms with van der Waals surface area (Å²) in [5, 5.41) is 0. The summed E-state index contributed by atoms with van der Waals surface area (Å²) in [6, 6.07) is 0. The Bertz CT molecular complexity index is 433. The van der Waals surface area contributed by atoms with Crippen molar-refractivity contribution in [3.8, 4) is 0 Å². The second-order valence-corrected chi connectivity index (χ2v) is 8.69. The lowest BCUT2D eigenvalue weighted by molar-refractivity contribution is 0.252. The molecule has 0 aliphatic heterocycles. The highest BCUT2D eigenvalue weighted by Gasteiger charge is 2.39. The smallest absolute Gasteiger partial charge is 0.213 e. The summed E-state index contributed by atoms with van der Waals surface area (Å²) in [7, 11) is -6.82. The first kappa shape index (κ1) is 14.2. The van der Waals surface area contributed by atoms with Crippen LogP contribution in [0.5, 0.6) is 0 Å². The molecule has 0 atom stereocenters. The van der Waals surface area contributed by atoms with Gasteiger partial charge in [-0.3, -0.25) is 0 Å². The highest BCUT2D eigenvalue weighted by molar-refractivity contribution is 7.93. The quantitative estimate of drug-likeness (QED) is 0.704. The average molecular weight is 290 g/mol. The van der Waals surface area contributed by atoms with Gasteiger partial charge >= 0.3 is 0 Å². The molecule has 1 aliphatic carbocycles. The van der Waals surface area contributed by atoms with Gasteiger partial charge in [0.25, 0.3) is 0 Å². The fraction of sp³-hybridized carbons (Fsp3) is 1.00. The van der Waals surface area contributed by atoms with Crippen molar-refractivity contribution >= 4 is 31.5 Å². The Morgan fingerprint density at radius 1 is 1.19 bits per heavy atom. The van der Waals surface area contributed by atoms with E-state index < -0.39 is 31.2 Å². The summed E-state index contributed by atoms with van der Waals surface area (Å²) >= 11 is 5.71. The summed E-state index contributed by atoms with van der Waals surface area (Å²) < 4.78 is 47.5. The maximum Gasteiger partial charge on any atom is 0.213 e. The van der Waals surface area contributed by atoms with Crippen molar-refractivity contribution in [2.24, 2.45) is 0 Å². The summed E-state index contributed by atoms with van der Waals surface area (Å²) in [6.07, 6.45) is 3.40. The molecule has 8 heteroatoms. The van der Waals surface area contributed by atoms with Crippen LogP contribution in [0.25, 0.3) is 0 Å². The predicted molar refractivity (Wildman–Crippen MR) is 63.9 cm³/mol. The third-order valence-corrected chi connectivity index (χ3v) is 5.86. The van der Waals surface area contributed by atoms with E-state index in [1.165, 1.54) is 0 Å². The molecule has 1 N–H and O–H groups in total. The van der Waals surface area contributed by atoms with E-state index in [2.05, 4.69) is 4.72 Å². The molecule has 0 aromatic rings. The zero-order valence-corrected chi connectivity index (χ0v) is 11.5. The first-order valence-corrected chi connectivity index (χ1v) is 9.18. The maximum atomic E-state index is 11.6. The normalized spacial score (nSPS) is 20.4. The van der Waals surface area contributed by atoms with Crippen LogP contribution in [-0.2, 0) is 19.9 Å². The largest absolute Gasteiger partial charge is 0.229 e. The third kappa shape index (κ3) is 4.20. The van der Waals surface area contributed by atoms with Crippen LogP contribution in [0.2, 0.25) is 0 Å². The van der Waals surface area contributed by atoms with Crippen LogP contribution in [-0.4, -0.2) is 46.0 Å². The molecular weight excluding hydrogens is 274 g/mol. The van der Waals surface area contributed by atoms with Gasteiger partial charge in [0.1, 0.15) is 9.84 Å². The molecule has 96 valence electrons. The summed E-state index contributed by atoms with van der Waals surface area (Å²) in [5.74, 6) is -0.531. The number of sulfone groups is 1. The molecule has 0 aromatic carbocycles. The second-order valence-electron chi connectivity index (χ2n) is 4.32. The van der Waals surface area contributed by atoms with Gasteiger partial charge in [-0.2, -0.15) is 0 Å². The van der Waals surface area contributed by atoms with Gasteiger partial charge < -0.3 is 0 Å². The van der Waals surface area contributed by atoms with E-state index in [1.54, 1.807) is 0 Å². The Morgan fingerprint density at radius 2 is 1.75 bits per heavy atom. The Morgan fingerprint density at radius 3 is 2.06 bits per heavy atom. The Balaban J connectivity index is 2.58. The van der Waals surface area contributed by atoms with Crippen molar-refractivity contribution in [1.82, 2.24) is 4.72 Å². The van der Waals surface area contributed by atoms with E-state index in [0.717, 1.165) is 12.7 Å². The molecular formula is C8H16ClNO4S2. The van der Waals surface area contributed by atoms with E-state index in [4.69, 9.17) is 11.6 Å². The van der Waals surface area contributed by atoms with E-state index in [1.807, 2.05) is 0 Å². The molecule has 0 amide bonds. The van der Waals surface area contributed by atoms with Crippen LogP contribution in [0.15, 0.2) is 0 Å². The molecule has 0 heterocycles. The van der Waals surface area contributed by atoms with Crippen molar-refractivity contribution in [2.45, 2.75) is 24.8 Å². The number of nitrogens with one attached hydrogen (secondary N) is 1. The highest BCUT2D eigenvalue weighted by atomic mass is 35.5. The zero-order chi connectivity index (χ0) is 12.4. The van der Waals surface area contributed by atoms with Crippen molar-refractivity contribution in [2.75, 3.05) is 23.6 Å². The first-order chi connectivity index (χ1) is 7.18.